The topological polar surface area (TPSA) is 99.2 Å². The van der Waals surface area contributed by atoms with Crippen LogP contribution in [0.5, 0.6) is 0 Å². The third-order valence-corrected chi connectivity index (χ3v) is 3.69. The number of imide groups is 1. The van der Waals surface area contributed by atoms with Gasteiger partial charge in [0.1, 0.15) is 13.1 Å². The summed E-state index contributed by atoms with van der Waals surface area (Å²) in [5.41, 5.74) is -0.715. The van der Waals surface area contributed by atoms with Gasteiger partial charge in [0.15, 0.2) is 0 Å². The van der Waals surface area contributed by atoms with Crippen LogP contribution in [0.1, 0.15) is 12.8 Å². The standard InChI is InChI=1S/C12H19N3O5/c1-14-7-10(18)15(11(14)19)6-9(17)13-12(8-16)2-4-20-5-3-12/h16H,2-8H2,1H3,(H,13,17). The number of urea groups is 1. The number of nitrogens with zero attached hydrogens (tertiary/aromatic N) is 2. The average Bonchev–Trinajstić information content (AvgIpc) is 2.66. The molecule has 0 saturated carbocycles. The third kappa shape index (κ3) is 2.91. The Bertz CT molecular complexity index is 419. The van der Waals surface area contributed by atoms with Gasteiger partial charge in [0.05, 0.1) is 12.1 Å². The first-order valence-corrected chi connectivity index (χ1v) is 6.52. The predicted molar refractivity (Wildman–Crippen MR) is 67.8 cm³/mol. The van der Waals surface area contributed by atoms with Crippen LogP contribution in [-0.4, -0.2) is 78.2 Å². The zero-order valence-electron chi connectivity index (χ0n) is 11.4. The van der Waals surface area contributed by atoms with Gasteiger partial charge in [0.2, 0.25) is 5.91 Å². The van der Waals surface area contributed by atoms with E-state index in [4.69, 9.17) is 4.74 Å². The first kappa shape index (κ1) is 14.7. The summed E-state index contributed by atoms with van der Waals surface area (Å²) in [5, 5.41) is 12.2. The van der Waals surface area contributed by atoms with Crippen molar-refractivity contribution in [2.75, 3.05) is 40.0 Å². The van der Waals surface area contributed by atoms with Crippen LogP contribution in [0.3, 0.4) is 0 Å². The Hall–Kier alpha value is -1.67. The van der Waals surface area contributed by atoms with Gasteiger partial charge in [-0.1, -0.05) is 0 Å². The number of nitrogens with one attached hydrogen (secondary N) is 1. The van der Waals surface area contributed by atoms with E-state index in [1.165, 1.54) is 11.9 Å². The van der Waals surface area contributed by atoms with Crippen LogP contribution in [-0.2, 0) is 14.3 Å². The molecule has 2 saturated heterocycles. The number of aliphatic hydroxyl groups excluding tert-OH is 1. The first-order chi connectivity index (χ1) is 9.47. The van der Waals surface area contributed by atoms with Crippen molar-refractivity contribution in [3.63, 3.8) is 0 Å². The summed E-state index contributed by atoms with van der Waals surface area (Å²) in [7, 11) is 1.51. The Balaban J connectivity index is 1.95. The molecular formula is C12H19N3O5. The second kappa shape index (κ2) is 5.76. The molecule has 112 valence electrons. The number of amides is 4. The van der Waals surface area contributed by atoms with E-state index in [0.717, 1.165) is 4.90 Å². The number of carbonyl (C=O) groups is 3. The molecule has 0 aromatic carbocycles. The molecule has 2 aliphatic rings. The summed E-state index contributed by atoms with van der Waals surface area (Å²) in [6, 6.07) is -0.477. The fourth-order valence-corrected chi connectivity index (χ4v) is 2.39. The first-order valence-electron chi connectivity index (χ1n) is 6.52. The van der Waals surface area contributed by atoms with Gasteiger partial charge in [0.25, 0.3) is 5.91 Å². The number of aliphatic hydroxyl groups is 1. The minimum atomic E-state index is -0.715. The van der Waals surface area contributed by atoms with Crippen LogP contribution >= 0.6 is 0 Å². The fourth-order valence-electron chi connectivity index (χ4n) is 2.39. The number of hydrogen-bond acceptors (Lipinski definition) is 5. The molecule has 0 bridgehead atoms. The number of likely N-dealkylation sites (N-methyl/N-ethyl adjacent to an activating group) is 1. The van der Waals surface area contributed by atoms with Gasteiger partial charge in [-0.15, -0.1) is 0 Å². The van der Waals surface area contributed by atoms with E-state index in [9.17, 15) is 19.5 Å². The molecule has 20 heavy (non-hydrogen) atoms. The van der Waals surface area contributed by atoms with Gasteiger partial charge in [-0.05, 0) is 12.8 Å². The summed E-state index contributed by atoms with van der Waals surface area (Å²) < 4.78 is 5.20. The number of rotatable bonds is 4. The number of carbonyl (C=O) groups excluding carboxylic acids is 3. The lowest BCUT2D eigenvalue weighted by atomic mass is 9.91. The molecule has 2 aliphatic heterocycles. The van der Waals surface area contributed by atoms with Crippen LogP contribution in [0.4, 0.5) is 4.79 Å². The van der Waals surface area contributed by atoms with E-state index in [-0.39, 0.29) is 19.7 Å². The van der Waals surface area contributed by atoms with Crippen molar-refractivity contribution in [3.05, 3.63) is 0 Å². The van der Waals surface area contributed by atoms with E-state index in [0.29, 0.717) is 26.1 Å². The molecule has 4 amide bonds. The van der Waals surface area contributed by atoms with Gasteiger partial charge < -0.3 is 20.1 Å². The largest absolute Gasteiger partial charge is 0.394 e. The second-order valence-corrected chi connectivity index (χ2v) is 5.22. The molecule has 2 heterocycles. The minimum absolute atomic E-state index is 0.00883. The SMILES string of the molecule is CN1CC(=O)N(CC(=O)NC2(CO)CCOCC2)C1=O. The maximum atomic E-state index is 12.0. The summed E-state index contributed by atoms with van der Waals surface area (Å²) in [6.45, 7) is 0.413. The predicted octanol–water partition coefficient (Wildman–Crippen LogP) is -1.46. The van der Waals surface area contributed by atoms with Gasteiger partial charge in [-0.25, -0.2) is 4.79 Å². The molecule has 0 atom stereocenters. The fraction of sp³-hybridized carbons (Fsp3) is 0.750. The third-order valence-electron chi connectivity index (χ3n) is 3.69. The normalized spacial score (nSPS) is 22.3. The van der Waals surface area contributed by atoms with Gasteiger partial charge in [-0.2, -0.15) is 0 Å². The van der Waals surface area contributed by atoms with Crippen LogP contribution in [0, 0.1) is 0 Å². The maximum Gasteiger partial charge on any atom is 0.327 e. The van der Waals surface area contributed by atoms with E-state index < -0.39 is 23.4 Å². The zero-order valence-corrected chi connectivity index (χ0v) is 11.4. The average molecular weight is 285 g/mol. The van der Waals surface area contributed by atoms with Crippen molar-refractivity contribution >= 4 is 17.8 Å². The Labute approximate surface area is 116 Å². The second-order valence-electron chi connectivity index (χ2n) is 5.22. The highest BCUT2D eigenvalue weighted by Gasteiger charge is 2.38. The molecule has 0 radical (unpaired) electrons. The summed E-state index contributed by atoms with van der Waals surface area (Å²) in [6.07, 6.45) is 1.02. The maximum absolute atomic E-state index is 12.0. The number of hydrogen-bond donors (Lipinski definition) is 2. The van der Waals surface area contributed by atoms with Crippen LogP contribution in [0.25, 0.3) is 0 Å². The Morgan fingerprint density at radius 1 is 1.40 bits per heavy atom. The minimum Gasteiger partial charge on any atom is -0.394 e. The summed E-state index contributed by atoms with van der Waals surface area (Å²) in [5.74, 6) is -0.837. The lowest BCUT2D eigenvalue weighted by molar-refractivity contribution is -0.132. The van der Waals surface area contributed by atoms with E-state index in [1.807, 2.05) is 0 Å². The lowest BCUT2D eigenvalue weighted by Gasteiger charge is -2.36. The van der Waals surface area contributed by atoms with Crippen molar-refractivity contribution in [2.45, 2.75) is 18.4 Å². The quantitative estimate of drug-likeness (QED) is 0.615. The Kier molecular flexibility index (Phi) is 4.24. The highest BCUT2D eigenvalue weighted by atomic mass is 16.5. The van der Waals surface area contributed by atoms with Crippen molar-refractivity contribution < 1.29 is 24.2 Å². The van der Waals surface area contributed by atoms with Crippen molar-refractivity contribution in [1.82, 2.24) is 15.1 Å². The zero-order chi connectivity index (χ0) is 14.8. The van der Waals surface area contributed by atoms with E-state index >= 15 is 0 Å². The molecule has 2 fully saturated rings. The molecular weight excluding hydrogens is 266 g/mol. The van der Waals surface area contributed by atoms with Gasteiger partial charge in [-0.3, -0.25) is 14.5 Å². The lowest BCUT2D eigenvalue weighted by Crippen LogP contribution is -2.56. The Morgan fingerprint density at radius 2 is 2.05 bits per heavy atom. The molecule has 8 nitrogen and oxygen atoms in total. The molecule has 0 aromatic rings. The van der Waals surface area contributed by atoms with E-state index in [2.05, 4.69) is 5.32 Å². The molecule has 2 rings (SSSR count). The highest BCUT2D eigenvalue weighted by molar-refractivity contribution is 6.04. The molecule has 0 aliphatic carbocycles. The van der Waals surface area contributed by atoms with Crippen LogP contribution < -0.4 is 5.32 Å². The highest BCUT2D eigenvalue weighted by Crippen LogP contribution is 2.20. The molecule has 0 aromatic heterocycles. The van der Waals surface area contributed by atoms with Gasteiger partial charge >= 0.3 is 6.03 Å². The van der Waals surface area contributed by atoms with Crippen molar-refractivity contribution in [1.29, 1.82) is 0 Å². The number of ether oxygens (including phenoxy) is 1. The smallest absolute Gasteiger partial charge is 0.327 e. The molecule has 2 N–H and O–H groups in total. The van der Waals surface area contributed by atoms with E-state index in [1.54, 1.807) is 0 Å². The van der Waals surface area contributed by atoms with Crippen molar-refractivity contribution in [3.8, 4) is 0 Å². The molecule has 0 unspecified atom stereocenters. The van der Waals surface area contributed by atoms with Crippen molar-refractivity contribution in [2.24, 2.45) is 0 Å². The summed E-state index contributed by atoms with van der Waals surface area (Å²) >= 11 is 0. The van der Waals surface area contributed by atoms with Crippen LogP contribution in [0.2, 0.25) is 0 Å². The summed E-state index contributed by atoms with van der Waals surface area (Å²) in [4.78, 5) is 37.4. The van der Waals surface area contributed by atoms with Crippen LogP contribution in [0.15, 0.2) is 0 Å². The monoisotopic (exact) mass is 285 g/mol. The van der Waals surface area contributed by atoms with Gasteiger partial charge in [0, 0.05) is 20.3 Å². The Morgan fingerprint density at radius 3 is 2.55 bits per heavy atom. The molecule has 0 spiro atoms. The molecule has 8 heteroatoms.